The second-order valence-electron chi connectivity index (χ2n) is 16.5. The fourth-order valence-corrected chi connectivity index (χ4v) is 11.2. The second-order valence-corrected chi connectivity index (χ2v) is 21.9. The first-order chi connectivity index (χ1) is 27.5. The molecule has 5 nitrogen and oxygen atoms in total. The van der Waals surface area contributed by atoms with Crippen LogP contribution in [0.15, 0.2) is 0 Å². The van der Waals surface area contributed by atoms with Gasteiger partial charge in [0.2, 0.25) is 0 Å². The minimum atomic E-state index is -0.429. The zero-order valence-corrected chi connectivity index (χ0v) is 40.8. The topological polar surface area (TPSA) is 55.8 Å². The van der Waals surface area contributed by atoms with Crippen LogP contribution in [0.5, 0.6) is 0 Å². The Morgan fingerprint density at radius 1 is 0.411 bits per heavy atom. The van der Waals surface area contributed by atoms with E-state index in [1.807, 2.05) is 40.6 Å². The molecule has 334 valence electrons. The molecule has 0 aliphatic carbocycles. The third kappa shape index (κ3) is 47.0. The quantitative estimate of drug-likeness (QED) is 0.0338. The number of carbonyl (C=O) groups is 2. The van der Waals surface area contributed by atoms with Gasteiger partial charge in [-0.15, -0.1) is 0 Å². The molecular weight excluding hydrogens is 771 g/mol. The average Bonchev–Trinajstić information content (AvgIpc) is 3.18. The average molecular weight is 865 g/mol. The van der Waals surface area contributed by atoms with Crippen LogP contribution in [0.1, 0.15) is 232 Å². The van der Waals surface area contributed by atoms with Crippen molar-refractivity contribution in [2.24, 2.45) is 0 Å². The molecule has 0 spiro atoms. The number of hydrogen-bond donors (Lipinski definition) is 0. The minimum absolute atomic E-state index is 0.126. The van der Waals surface area contributed by atoms with E-state index in [1.54, 1.807) is 21.6 Å². The number of hydrogen-bond acceptors (Lipinski definition) is 9. The number of esters is 2. The molecule has 0 N–H and O–H groups in total. The van der Waals surface area contributed by atoms with Crippen LogP contribution in [0.25, 0.3) is 0 Å². The van der Waals surface area contributed by atoms with Crippen molar-refractivity contribution in [3.05, 3.63) is 0 Å². The van der Waals surface area contributed by atoms with Crippen LogP contribution in [0.3, 0.4) is 0 Å². The van der Waals surface area contributed by atoms with E-state index < -0.39 is 6.10 Å². The number of nitrogens with zero attached hydrogens (tertiary/aromatic N) is 1. The summed E-state index contributed by atoms with van der Waals surface area (Å²) in [5.41, 5.74) is 0. The molecule has 0 heterocycles. The van der Waals surface area contributed by atoms with Crippen molar-refractivity contribution in [1.82, 2.24) is 4.90 Å². The summed E-state index contributed by atoms with van der Waals surface area (Å²) in [4.78, 5) is 26.9. The van der Waals surface area contributed by atoms with Crippen LogP contribution in [0.4, 0.5) is 0 Å². The fraction of sp³-hybridized carbons (Fsp3) is 0.957. The molecule has 9 heteroatoms. The molecule has 1 unspecified atom stereocenters. The van der Waals surface area contributed by atoms with Crippen LogP contribution in [0, 0.1) is 0 Å². The lowest BCUT2D eigenvalue weighted by molar-refractivity contribution is -0.159. The van der Waals surface area contributed by atoms with Gasteiger partial charge in [0, 0.05) is 29.6 Å². The van der Waals surface area contributed by atoms with Crippen molar-refractivity contribution in [3.63, 3.8) is 0 Å². The molecule has 0 rings (SSSR count). The van der Waals surface area contributed by atoms with Crippen LogP contribution < -0.4 is 0 Å². The maximum Gasteiger partial charge on any atom is 0.307 e. The first kappa shape index (κ1) is 56.3. The Bertz CT molecular complexity index is 806. The van der Waals surface area contributed by atoms with E-state index in [9.17, 15) is 9.59 Å². The van der Waals surface area contributed by atoms with Crippen molar-refractivity contribution in [2.75, 3.05) is 50.3 Å². The van der Waals surface area contributed by atoms with Gasteiger partial charge < -0.3 is 14.4 Å². The van der Waals surface area contributed by atoms with Crippen LogP contribution in [0.2, 0.25) is 0 Å². The summed E-state index contributed by atoms with van der Waals surface area (Å²) in [6, 6.07) is 0. The van der Waals surface area contributed by atoms with Gasteiger partial charge in [0.1, 0.15) is 12.7 Å². The third-order valence-corrected chi connectivity index (χ3v) is 15.4. The third-order valence-electron chi connectivity index (χ3n) is 10.4. The fourth-order valence-electron chi connectivity index (χ4n) is 6.94. The molecule has 0 saturated carbocycles. The highest BCUT2D eigenvalue weighted by Crippen LogP contribution is 2.25. The van der Waals surface area contributed by atoms with E-state index in [2.05, 4.69) is 13.8 Å². The van der Waals surface area contributed by atoms with Crippen molar-refractivity contribution < 1.29 is 19.1 Å². The normalized spacial score (nSPS) is 12.1. The second kappa shape index (κ2) is 48.0. The van der Waals surface area contributed by atoms with Gasteiger partial charge in [0.05, 0.1) is 12.8 Å². The van der Waals surface area contributed by atoms with Crippen molar-refractivity contribution in [2.45, 2.75) is 238 Å². The van der Waals surface area contributed by atoms with E-state index >= 15 is 0 Å². The Morgan fingerprint density at radius 3 is 1.02 bits per heavy atom. The monoisotopic (exact) mass is 864 g/mol. The van der Waals surface area contributed by atoms with Crippen LogP contribution in [-0.4, -0.2) is 73.2 Å². The lowest BCUT2D eigenvalue weighted by atomic mass is 10.0. The number of rotatable bonds is 47. The molecule has 1 atom stereocenters. The predicted octanol–water partition coefficient (Wildman–Crippen LogP) is 16.1. The Morgan fingerprint density at radius 2 is 0.696 bits per heavy atom. The Balaban J connectivity index is 3.60. The molecule has 0 aliphatic rings. The van der Waals surface area contributed by atoms with E-state index in [0.29, 0.717) is 19.4 Å². The van der Waals surface area contributed by atoms with E-state index in [1.165, 1.54) is 205 Å². The van der Waals surface area contributed by atoms with Gasteiger partial charge in [0.15, 0.2) is 0 Å². The standard InChI is InChI=1S/C47H93NO4S4/c1-5-7-9-11-13-15-17-19-21-23-25-27-29-31-33-35-39-53-55-41-37-46(49)51-44-45(43-48(3)4)52-47(50)38-42-56-54-40-36-34-32-30-28-26-24-22-20-18-16-14-12-10-8-6-2/h45H,5-44H2,1-4H3. The summed E-state index contributed by atoms with van der Waals surface area (Å²) < 4.78 is 11.2. The maximum atomic E-state index is 12.5. The largest absolute Gasteiger partial charge is 0.462 e. The summed E-state index contributed by atoms with van der Waals surface area (Å²) in [6.45, 7) is 5.25. The van der Waals surface area contributed by atoms with Gasteiger partial charge in [-0.1, -0.05) is 250 Å². The first-order valence-electron chi connectivity index (χ1n) is 24.0. The molecule has 0 aromatic heterocycles. The summed E-state index contributed by atoms with van der Waals surface area (Å²) in [5.74, 6) is 3.40. The molecule has 0 aromatic carbocycles. The van der Waals surface area contributed by atoms with Gasteiger partial charge in [-0.25, -0.2) is 0 Å². The van der Waals surface area contributed by atoms with Crippen molar-refractivity contribution in [1.29, 1.82) is 0 Å². The Kier molecular flexibility index (Phi) is 48.2. The van der Waals surface area contributed by atoms with Crippen LogP contribution >= 0.6 is 43.2 Å². The van der Waals surface area contributed by atoms with E-state index in [4.69, 9.17) is 9.47 Å². The molecule has 0 amide bonds. The molecule has 0 bridgehead atoms. The molecule has 56 heavy (non-hydrogen) atoms. The van der Waals surface area contributed by atoms with Gasteiger partial charge >= 0.3 is 11.9 Å². The minimum Gasteiger partial charge on any atom is -0.462 e. The zero-order chi connectivity index (χ0) is 40.8. The maximum absolute atomic E-state index is 12.5. The summed E-state index contributed by atoms with van der Waals surface area (Å²) in [7, 11) is 11.2. The SMILES string of the molecule is CCCCCCCCCCCCCCCCCCSSCCC(=O)OCC(CN(C)C)OC(=O)CCSSCCCCCCCCCCCCCCCCCC. The van der Waals surface area contributed by atoms with Crippen molar-refractivity contribution >= 4 is 55.1 Å². The highest BCUT2D eigenvalue weighted by atomic mass is 33.1. The molecule has 0 fully saturated rings. The first-order valence-corrected chi connectivity index (χ1v) is 29.0. The summed E-state index contributed by atoms with van der Waals surface area (Å²) in [5, 5.41) is 0. The smallest absolute Gasteiger partial charge is 0.307 e. The van der Waals surface area contributed by atoms with Gasteiger partial charge in [-0.3, -0.25) is 9.59 Å². The highest BCUT2D eigenvalue weighted by Gasteiger charge is 2.18. The molecular formula is C47H93NO4S4. The Hall–Kier alpha value is 0.300. The molecule has 0 aromatic rings. The van der Waals surface area contributed by atoms with Gasteiger partial charge in [0.25, 0.3) is 0 Å². The zero-order valence-electron chi connectivity index (χ0n) is 37.6. The predicted molar refractivity (Wildman–Crippen MR) is 258 cm³/mol. The van der Waals surface area contributed by atoms with Gasteiger partial charge in [-0.2, -0.15) is 0 Å². The number of ether oxygens (including phenoxy) is 2. The van der Waals surface area contributed by atoms with Crippen LogP contribution in [-0.2, 0) is 19.1 Å². The van der Waals surface area contributed by atoms with Gasteiger partial charge in [-0.05, 0) is 26.9 Å². The van der Waals surface area contributed by atoms with Crippen molar-refractivity contribution in [3.8, 4) is 0 Å². The highest BCUT2D eigenvalue weighted by molar-refractivity contribution is 8.77. The Labute approximate surface area is 365 Å². The summed E-state index contributed by atoms with van der Waals surface area (Å²) in [6.07, 6.45) is 45.1. The molecule has 0 saturated heterocycles. The molecule has 0 aliphatic heterocycles. The number of carbonyl (C=O) groups excluding carboxylic acids is 2. The number of unbranched alkanes of at least 4 members (excludes halogenated alkanes) is 30. The summed E-state index contributed by atoms with van der Waals surface area (Å²) >= 11 is 0. The van der Waals surface area contributed by atoms with E-state index in [0.717, 1.165) is 23.0 Å². The number of likely N-dealkylation sites (N-methyl/N-ethyl adjacent to an activating group) is 1. The lowest BCUT2D eigenvalue weighted by Gasteiger charge is -2.21. The lowest BCUT2D eigenvalue weighted by Crippen LogP contribution is -2.35. The molecule has 0 radical (unpaired) electrons. The van der Waals surface area contributed by atoms with E-state index in [-0.39, 0.29) is 18.5 Å².